The molecular formula is C22H16O4S. The number of Topliss-reactive ketones (excluding diaryl/α,β-unsaturated/α-hetero) is 2. The fourth-order valence-corrected chi connectivity index (χ4v) is 3.61. The number of ether oxygens (including phenoxy) is 2. The van der Waals surface area contributed by atoms with Crippen LogP contribution in [0.2, 0.25) is 0 Å². The van der Waals surface area contributed by atoms with E-state index in [1.165, 1.54) is 0 Å². The summed E-state index contributed by atoms with van der Waals surface area (Å²) in [5.41, 5.74) is 2.20. The Bertz CT molecular complexity index is 1050. The lowest BCUT2D eigenvalue weighted by Gasteiger charge is -2.06. The molecule has 134 valence electrons. The Morgan fingerprint density at radius 1 is 1.15 bits per heavy atom. The van der Waals surface area contributed by atoms with E-state index in [0.717, 1.165) is 10.4 Å². The average molecular weight is 376 g/mol. The Labute approximate surface area is 160 Å². The predicted molar refractivity (Wildman–Crippen MR) is 105 cm³/mol. The van der Waals surface area contributed by atoms with Crippen molar-refractivity contribution in [1.29, 1.82) is 0 Å². The lowest BCUT2D eigenvalue weighted by Crippen LogP contribution is -2.11. The third-order valence-electron chi connectivity index (χ3n) is 4.27. The first-order valence-electron chi connectivity index (χ1n) is 8.45. The van der Waals surface area contributed by atoms with E-state index in [-0.39, 0.29) is 18.2 Å². The van der Waals surface area contributed by atoms with Crippen molar-refractivity contribution in [3.63, 3.8) is 0 Å². The molecule has 0 bridgehead atoms. The maximum atomic E-state index is 12.5. The van der Waals surface area contributed by atoms with E-state index in [1.54, 1.807) is 47.7 Å². The largest absolute Gasteiger partial charge is 0.485 e. The van der Waals surface area contributed by atoms with Crippen LogP contribution in [0.25, 0.3) is 6.08 Å². The van der Waals surface area contributed by atoms with Crippen molar-refractivity contribution < 1.29 is 19.1 Å². The molecule has 0 N–H and O–H groups in total. The van der Waals surface area contributed by atoms with Gasteiger partial charge in [-0.05, 0) is 36.1 Å². The third kappa shape index (κ3) is 3.55. The summed E-state index contributed by atoms with van der Waals surface area (Å²) in [5, 5.41) is 1.98. The van der Waals surface area contributed by atoms with E-state index in [2.05, 4.69) is 0 Å². The molecule has 0 amide bonds. The standard InChI is InChI=1S/C22H16O4S/c1-14-9-10-27-21(14)12-20-22(24)17-8-7-16(11-19(17)26-20)25-13-18(23)15-5-3-2-4-6-15/h2-12H,13H2,1H3/b20-12-. The van der Waals surface area contributed by atoms with Crippen molar-refractivity contribution in [2.45, 2.75) is 6.92 Å². The summed E-state index contributed by atoms with van der Waals surface area (Å²) in [6.07, 6.45) is 1.77. The topological polar surface area (TPSA) is 52.6 Å². The minimum absolute atomic E-state index is 0.0756. The second-order valence-corrected chi connectivity index (χ2v) is 7.09. The molecule has 0 unspecified atom stereocenters. The molecule has 2 heterocycles. The van der Waals surface area contributed by atoms with Crippen molar-refractivity contribution >= 4 is 29.0 Å². The molecule has 0 saturated carbocycles. The minimum Gasteiger partial charge on any atom is -0.485 e. The molecule has 1 aliphatic heterocycles. The highest BCUT2D eigenvalue weighted by Crippen LogP contribution is 2.35. The lowest BCUT2D eigenvalue weighted by atomic mass is 10.1. The van der Waals surface area contributed by atoms with Crippen LogP contribution < -0.4 is 9.47 Å². The number of fused-ring (bicyclic) bond motifs is 1. The molecule has 27 heavy (non-hydrogen) atoms. The molecule has 0 aliphatic carbocycles. The summed E-state index contributed by atoms with van der Waals surface area (Å²) >= 11 is 1.56. The molecule has 3 aromatic rings. The van der Waals surface area contributed by atoms with Crippen LogP contribution in [0.5, 0.6) is 11.5 Å². The Morgan fingerprint density at radius 2 is 1.96 bits per heavy atom. The molecule has 4 nitrogen and oxygen atoms in total. The van der Waals surface area contributed by atoms with Crippen molar-refractivity contribution in [1.82, 2.24) is 0 Å². The van der Waals surface area contributed by atoms with Crippen LogP contribution >= 0.6 is 11.3 Å². The zero-order valence-corrected chi connectivity index (χ0v) is 15.4. The van der Waals surface area contributed by atoms with E-state index >= 15 is 0 Å². The summed E-state index contributed by atoms with van der Waals surface area (Å²) in [6.45, 7) is 1.92. The molecule has 0 atom stereocenters. The van der Waals surface area contributed by atoms with Crippen molar-refractivity contribution in [3.8, 4) is 11.5 Å². The van der Waals surface area contributed by atoms with Gasteiger partial charge < -0.3 is 9.47 Å². The highest BCUT2D eigenvalue weighted by atomic mass is 32.1. The molecule has 0 saturated heterocycles. The van der Waals surface area contributed by atoms with Crippen LogP contribution in [0, 0.1) is 6.92 Å². The molecular weight excluding hydrogens is 360 g/mol. The molecule has 0 spiro atoms. The molecule has 5 heteroatoms. The normalized spacial score (nSPS) is 14.1. The van der Waals surface area contributed by atoms with Gasteiger partial charge in [-0.2, -0.15) is 0 Å². The monoisotopic (exact) mass is 376 g/mol. The van der Waals surface area contributed by atoms with Crippen LogP contribution in [-0.2, 0) is 0 Å². The Kier molecular flexibility index (Phi) is 4.60. The van der Waals surface area contributed by atoms with Gasteiger partial charge in [0.05, 0.1) is 5.56 Å². The third-order valence-corrected chi connectivity index (χ3v) is 5.24. The predicted octanol–water partition coefficient (Wildman–Crippen LogP) is 4.93. The quantitative estimate of drug-likeness (QED) is 0.468. The van der Waals surface area contributed by atoms with Gasteiger partial charge in [-0.15, -0.1) is 11.3 Å². The number of carbonyl (C=O) groups is 2. The highest BCUT2D eigenvalue weighted by Gasteiger charge is 2.28. The van der Waals surface area contributed by atoms with Crippen molar-refractivity contribution in [3.05, 3.63) is 87.3 Å². The Balaban J connectivity index is 1.49. The summed E-state index contributed by atoms with van der Waals surface area (Å²) in [4.78, 5) is 25.7. The second kappa shape index (κ2) is 7.21. The first-order chi connectivity index (χ1) is 13.1. The summed E-state index contributed by atoms with van der Waals surface area (Å²) < 4.78 is 11.3. The SMILES string of the molecule is Cc1ccsc1/C=C1\Oc2cc(OCC(=O)c3ccccc3)ccc2C1=O. The van der Waals surface area contributed by atoms with Gasteiger partial charge in [0.15, 0.2) is 18.1 Å². The van der Waals surface area contributed by atoms with Gasteiger partial charge in [0.1, 0.15) is 11.5 Å². The van der Waals surface area contributed by atoms with Gasteiger partial charge in [-0.1, -0.05) is 30.3 Å². The second-order valence-electron chi connectivity index (χ2n) is 6.14. The van der Waals surface area contributed by atoms with Gasteiger partial charge in [-0.25, -0.2) is 0 Å². The van der Waals surface area contributed by atoms with Crippen LogP contribution in [0.3, 0.4) is 0 Å². The van der Waals surface area contributed by atoms with Crippen molar-refractivity contribution in [2.24, 2.45) is 0 Å². The number of benzene rings is 2. The fraction of sp³-hybridized carbons (Fsp3) is 0.0909. The maximum absolute atomic E-state index is 12.5. The van der Waals surface area contributed by atoms with Gasteiger partial charge in [-0.3, -0.25) is 9.59 Å². The zero-order chi connectivity index (χ0) is 18.8. The van der Waals surface area contributed by atoms with Gasteiger partial charge in [0, 0.05) is 22.6 Å². The van der Waals surface area contributed by atoms with E-state index < -0.39 is 0 Å². The number of aryl methyl sites for hydroxylation is 1. The van der Waals surface area contributed by atoms with Gasteiger partial charge in [0.2, 0.25) is 5.78 Å². The highest BCUT2D eigenvalue weighted by molar-refractivity contribution is 7.11. The van der Waals surface area contributed by atoms with Crippen LogP contribution in [0.1, 0.15) is 31.2 Å². The Morgan fingerprint density at radius 3 is 2.70 bits per heavy atom. The number of hydrogen-bond donors (Lipinski definition) is 0. The van der Waals surface area contributed by atoms with Gasteiger partial charge >= 0.3 is 0 Å². The fourth-order valence-electron chi connectivity index (χ4n) is 2.76. The number of thiophene rings is 1. The van der Waals surface area contributed by atoms with Crippen molar-refractivity contribution in [2.75, 3.05) is 6.61 Å². The first-order valence-corrected chi connectivity index (χ1v) is 9.33. The molecule has 0 radical (unpaired) electrons. The van der Waals surface area contributed by atoms with Crippen LogP contribution in [-0.4, -0.2) is 18.2 Å². The lowest BCUT2D eigenvalue weighted by molar-refractivity contribution is 0.0921. The van der Waals surface area contributed by atoms with E-state index in [4.69, 9.17) is 9.47 Å². The zero-order valence-electron chi connectivity index (χ0n) is 14.6. The molecule has 1 aromatic heterocycles. The molecule has 1 aliphatic rings. The Hall–Kier alpha value is -3.18. The number of rotatable bonds is 5. The van der Waals surface area contributed by atoms with Crippen LogP contribution in [0.4, 0.5) is 0 Å². The first kappa shape index (κ1) is 17.2. The summed E-state index contributed by atoms with van der Waals surface area (Å²) in [5.74, 6) is 0.976. The average Bonchev–Trinajstić information content (AvgIpc) is 3.24. The summed E-state index contributed by atoms with van der Waals surface area (Å²) in [6, 6.07) is 16.0. The number of allylic oxidation sites excluding steroid dienone is 1. The summed E-state index contributed by atoms with van der Waals surface area (Å²) in [7, 11) is 0. The van der Waals surface area contributed by atoms with E-state index in [9.17, 15) is 9.59 Å². The molecule has 2 aromatic carbocycles. The maximum Gasteiger partial charge on any atom is 0.232 e. The van der Waals surface area contributed by atoms with E-state index in [1.807, 2.05) is 36.6 Å². The van der Waals surface area contributed by atoms with Crippen LogP contribution in [0.15, 0.2) is 65.7 Å². The smallest absolute Gasteiger partial charge is 0.232 e. The molecule has 0 fully saturated rings. The molecule has 4 rings (SSSR count). The van der Waals surface area contributed by atoms with Gasteiger partial charge in [0.25, 0.3) is 0 Å². The number of carbonyl (C=O) groups excluding carboxylic acids is 2. The van der Waals surface area contributed by atoms with E-state index in [0.29, 0.717) is 28.4 Å². The minimum atomic E-state index is -0.148. The number of ketones is 2. The number of hydrogen-bond acceptors (Lipinski definition) is 5.